The molecule has 2 amide bonds. The summed E-state index contributed by atoms with van der Waals surface area (Å²) < 4.78 is 0. The highest BCUT2D eigenvalue weighted by Gasteiger charge is 2.07. The summed E-state index contributed by atoms with van der Waals surface area (Å²) in [6.45, 7) is 4.06. The molecular weight excluding hydrogens is 296 g/mol. The zero-order valence-electron chi connectivity index (χ0n) is 12.6. The molecule has 2 rings (SSSR count). The van der Waals surface area contributed by atoms with E-state index in [2.05, 4.69) is 23.5 Å². The summed E-state index contributed by atoms with van der Waals surface area (Å²) >= 11 is 1.51. The van der Waals surface area contributed by atoms with E-state index in [9.17, 15) is 9.59 Å². The van der Waals surface area contributed by atoms with Crippen molar-refractivity contribution in [3.63, 3.8) is 0 Å². The summed E-state index contributed by atoms with van der Waals surface area (Å²) in [7, 11) is 0. The van der Waals surface area contributed by atoms with Crippen LogP contribution in [0.5, 0.6) is 0 Å². The molecule has 0 atom stereocenters. The Morgan fingerprint density at radius 3 is 2.41 bits per heavy atom. The third-order valence-corrected chi connectivity index (χ3v) is 4.31. The molecule has 0 aliphatic rings. The van der Waals surface area contributed by atoms with E-state index in [1.54, 1.807) is 24.3 Å². The maximum atomic E-state index is 12.0. The van der Waals surface area contributed by atoms with Crippen LogP contribution in [0.3, 0.4) is 0 Å². The molecule has 22 heavy (non-hydrogen) atoms. The Balaban J connectivity index is 1.92. The van der Waals surface area contributed by atoms with Crippen molar-refractivity contribution in [1.82, 2.24) is 0 Å². The summed E-state index contributed by atoms with van der Waals surface area (Å²) in [5.41, 5.74) is 8.58. The van der Waals surface area contributed by atoms with Crippen molar-refractivity contribution in [1.29, 1.82) is 0 Å². The van der Waals surface area contributed by atoms with Crippen molar-refractivity contribution < 1.29 is 9.59 Å². The van der Waals surface area contributed by atoms with Gasteiger partial charge in [0, 0.05) is 16.1 Å². The summed E-state index contributed by atoms with van der Waals surface area (Å²) in [4.78, 5) is 24.1. The van der Waals surface area contributed by atoms with Gasteiger partial charge in [0.2, 0.25) is 11.8 Å². The molecule has 0 fully saturated rings. The first kappa shape index (κ1) is 16.1. The van der Waals surface area contributed by atoms with Gasteiger partial charge in [0.25, 0.3) is 0 Å². The van der Waals surface area contributed by atoms with Crippen molar-refractivity contribution in [2.75, 3.05) is 11.1 Å². The number of rotatable bonds is 5. The van der Waals surface area contributed by atoms with Crippen molar-refractivity contribution in [3.05, 3.63) is 59.2 Å². The van der Waals surface area contributed by atoms with Gasteiger partial charge in [-0.15, -0.1) is 11.8 Å². The number of carbonyl (C=O) groups is 2. The Morgan fingerprint density at radius 2 is 1.77 bits per heavy atom. The molecule has 0 saturated heterocycles. The minimum absolute atomic E-state index is 0.0854. The molecule has 0 aliphatic heterocycles. The van der Waals surface area contributed by atoms with E-state index in [0.29, 0.717) is 17.0 Å². The van der Waals surface area contributed by atoms with Gasteiger partial charge in [-0.1, -0.05) is 17.7 Å². The monoisotopic (exact) mass is 314 g/mol. The van der Waals surface area contributed by atoms with Gasteiger partial charge in [-0.05, 0) is 49.7 Å². The lowest BCUT2D eigenvalue weighted by Gasteiger charge is -2.08. The number of benzene rings is 2. The topological polar surface area (TPSA) is 72.2 Å². The SMILES string of the molecule is Cc1ccc(C)c(SCC(=O)Nc2ccc(C(N)=O)cc2)c1. The smallest absolute Gasteiger partial charge is 0.248 e. The molecule has 0 spiro atoms. The van der Waals surface area contributed by atoms with Crippen LogP contribution in [-0.4, -0.2) is 17.6 Å². The molecule has 0 aromatic heterocycles. The maximum Gasteiger partial charge on any atom is 0.248 e. The van der Waals surface area contributed by atoms with Crippen LogP contribution < -0.4 is 11.1 Å². The summed E-state index contributed by atoms with van der Waals surface area (Å²) in [6.07, 6.45) is 0. The molecule has 0 heterocycles. The molecular formula is C17H18N2O2S. The van der Waals surface area contributed by atoms with E-state index in [4.69, 9.17) is 5.73 Å². The van der Waals surface area contributed by atoms with Gasteiger partial charge >= 0.3 is 0 Å². The van der Waals surface area contributed by atoms with Crippen molar-refractivity contribution in [2.24, 2.45) is 5.73 Å². The molecule has 0 aliphatic carbocycles. The molecule has 2 aromatic carbocycles. The van der Waals surface area contributed by atoms with Gasteiger partial charge in [-0.25, -0.2) is 0 Å². The van der Waals surface area contributed by atoms with Gasteiger partial charge in [-0.3, -0.25) is 9.59 Å². The molecule has 4 nitrogen and oxygen atoms in total. The molecule has 5 heteroatoms. The number of anilines is 1. The largest absolute Gasteiger partial charge is 0.366 e. The first-order valence-corrected chi connectivity index (χ1v) is 7.84. The zero-order chi connectivity index (χ0) is 16.1. The Kier molecular flexibility index (Phi) is 5.22. The number of amides is 2. The van der Waals surface area contributed by atoms with E-state index >= 15 is 0 Å². The van der Waals surface area contributed by atoms with E-state index in [0.717, 1.165) is 10.5 Å². The predicted molar refractivity (Wildman–Crippen MR) is 90.2 cm³/mol. The van der Waals surface area contributed by atoms with Crippen LogP contribution >= 0.6 is 11.8 Å². The van der Waals surface area contributed by atoms with E-state index in [1.807, 2.05) is 13.8 Å². The second kappa shape index (κ2) is 7.13. The van der Waals surface area contributed by atoms with E-state index < -0.39 is 5.91 Å². The Morgan fingerprint density at radius 1 is 1.09 bits per heavy atom. The standard InChI is InChI=1S/C17H18N2O2S/c1-11-3-4-12(2)15(9-11)22-10-16(20)19-14-7-5-13(6-8-14)17(18)21/h3-9H,10H2,1-2H3,(H2,18,21)(H,19,20). The fourth-order valence-corrected chi connectivity index (χ4v) is 2.84. The third kappa shape index (κ3) is 4.36. The molecule has 0 unspecified atom stereocenters. The number of hydrogen-bond donors (Lipinski definition) is 2. The minimum Gasteiger partial charge on any atom is -0.366 e. The fraction of sp³-hybridized carbons (Fsp3) is 0.176. The first-order chi connectivity index (χ1) is 10.5. The Bertz CT molecular complexity index is 696. The normalized spacial score (nSPS) is 10.3. The van der Waals surface area contributed by atoms with Gasteiger partial charge < -0.3 is 11.1 Å². The van der Waals surface area contributed by atoms with Crippen molar-refractivity contribution in [2.45, 2.75) is 18.7 Å². The minimum atomic E-state index is -0.483. The zero-order valence-corrected chi connectivity index (χ0v) is 13.4. The van der Waals surface area contributed by atoms with Gasteiger partial charge in [0.1, 0.15) is 0 Å². The lowest BCUT2D eigenvalue weighted by atomic mass is 10.2. The molecule has 2 aromatic rings. The average Bonchev–Trinajstić information content (AvgIpc) is 2.49. The number of carbonyl (C=O) groups excluding carboxylic acids is 2. The van der Waals surface area contributed by atoms with Crippen LogP contribution in [0.25, 0.3) is 0 Å². The van der Waals surface area contributed by atoms with Crippen LogP contribution in [-0.2, 0) is 4.79 Å². The highest BCUT2D eigenvalue weighted by atomic mass is 32.2. The van der Waals surface area contributed by atoms with Gasteiger partial charge in [0.15, 0.2) is 0 Å². The lowest BCUT2D eigenvalue weighted by Crippen LogP contribution is -2.15. The van der Waals surface area contributed by atoms with E-state index in [-0.39, 0.29) is 5.91 Å². The quantitative estimate of drug-likeness (QED) is 0.833. The number of primary amides is 1. The molecule has 114 valence electrons. The number of nitrogens with two attached hydrogens (primary N) is 1. The van der Waals surface area contributed by atoms with Gasteiger partial charge in [-0.2, -0.15) is 0 Å². The number of thioether (sulfide) groups is 1. The van der Waals surface area contributed by atoms with Crippen LogP contribution in [0, 0.1) is 13.8 Å². The van der Waals surface area contributed by atoms with Crippen LogP contribution in [0.15, 0.2) is 47.4 Å². The Hall–Kier alpha value is -2.27. The molecule has 0 radical (unpaired) electrons. The van der Waals surface area contributed by atoms with Crippen LogP contribution in [0.2, 0.25) is 0 Å². The Labute approximate surface area is 134 Å². The van der Waals surface area contributed by atoms with Crippen LogP contribution in [0.4, 0.5) is 5.69 Å². The molecule has 0 saturated carbocycles. The number of aryl methyl sites for hydroxylation is 2. The number of hydrogen-bond acceptors (Lipinski definition) is 3. The van der Waals surface area contributed by atoms with Crippen molar-refractivity contribution >= 4 is 29.3 Å². The van der Waals surface area contributed by atoms with E-state index in [1.165, 1.54) is 17.3 Å². The summed E-state index contributed by atoms with van der Waals surface area (Å²) in [5.74, 6) is -0.233. The second-order valence-corrected chi connectivity index (χ2v) is 6.06. The van der Waals surface area contributed by atoms with Crippen LogP contribution in [0.1, 0.15) is 21.5 Å². The summed E-state index contributed by atoms with van der Waals surface area (Å²) in [6, 6.07) is 12.7. The fourth-order valence-electron chi connectivity index (χ4n) is 1.92. The predicted octanol–water partition coefficient (Wildman–Crippen LogP) is 3.13. The average molecular weight is 314 g/mol. The summed E-state index contributed by atoms with van der Waals surface area (Å²) in [5, 5.41) is 2.80. The van der Waals surface area contributed by atoms with Crippen molar-refractivity contribution in [3.8, 4) is 0 Å². The maximum absolute atomic E-state index is 12.0. The van der Waals surface area contributed by atoms with Gasteiger partial charge in [0.05, 0.1) is 5.75 Å². The third-order valence-electron chi connectivity index (χ3n) is 3.16. The molecule has 0 bridgehead atoms. The first-order valence-electron chi connectivity index (χ1n) is 6.85. The lowest BCUT2D eigenvalue weighted by molar-refractivity contribution is -0.113. The highest BCUT2D eigenvalue weighted by molar-refractivity contribution is 8.00. The number of nitrogens with one attached hydrogen (secondary N) is 1. The second-order valence-electron chi connectivity index (χ2n) is 5.05. The highest BCUT2D eigenvalue weighted by Crippen LogP contribution is 2.23. The molecule has 3 N–H and O–H groups in total.